The van der Waals surface area contributed by atoms with E-state index >= 15 is 0 Å². The van der Waals surface area contributed by atoms with Crippen LogP contribution in [0.4, 0.5) is 0 Å². The molecule has 2 fully saturated rings. The molecule has 2 aliphatic rings. The largest absolute Gasteiger partial charge is 0.314 e. The molecule has 1 saturated carbocycles. The number of hydrogen-bond donors (Lipinski definition) is 1. The fourth-order valence-electron chi connectivity index (χ4n) is 2.31. The van der Waals surface area contributed by atoms with Gasteiger partial charge in [0.05, 0.1) is 0 Å². The maximum Gasteiger partial charge on any atom is 0.281 e. The summed E-state index contributed by atoms with van der Waals surface area (Å²) in [7, 11) is -1.53. The van der Waals surface area contributed by atoms with Crippen LogP contribution in [-0.2, 0) is 10.2 Å². The minimum Gasteiger partial charge on any atom is -0.314 e. The second kappa shape index (κ2) is 5.86. The van der Waals surface area contributed by atoms with E-state index in [9.17, 15) is 8.42 Å². The van der Waals surface area contributed by atoms with Gasteiger partial charge in [0.15, 0.2) is 0 Å². The van der Waals surface area contributed by atoms with E-state index < -0.39 is 10.2 Å². The zero-order valence-corrected chi connectivity index (χ0v) is 12.2. The molecule has 1 aliphatic heterocycles. The van der Waals surface area contributed by atoms with Gasteiger partial charge >= 0.3 is 0 Å². The van der Waals surface area contributed by atoms with Crippen molar-refractivity contribution in [1.29, 1.82) is 0 Å². The molecule has 2 rings (SSSR count). The lowest BCUT2D eigenvalue weighted by Crippen LogP contribution is -2.41. The highest BCUT2D eigenvalue weighted by Crippen LogP contribution is 2.20. The van der Waals surface area contributed by atoms with E-state index in [1.165, 1.54) is 17.1 Å². The molecule has 18 heavy (non-hydrogen) atoms. The van der Waals surface area contributed by atoms with Gasteiger partial charge in [0, 0.05) is 32.7 Å². The predicted octanol–water partition coefficient (Wildman–Crippen LogP) is 0.647. The molecule has 1 N–H and O–H groups in total. The first-order valence-corrected chi connectivity index (χ1v) is 8.34. The predicted molar refractivity (Wildman–Crippen MR) is 72.5 cm³/mol. The second-order valence-electron chi connectivity index (χ2n) is 5.66. The summed E-state index contributed by atoms with van der Waals surface area (Å²) in [4.78, 5) is 0. The number of nitrogens with one attached hydrogen (secondary N) is 1. The van der Waals surface area contributed by atoms with Gasteiger partial charge in [-0.25, -0.2) is 0 Å². The zero-order chi connectivity index (χ0) is 13.2. The molecule has 0 aromatic heterocycles. The topological polar surface area (TPSA) is 52.7 Å². The molecule has 0 spiro atoms. The van der Waals surface area contributed by atoms with E-state index in [-0.39, 0.29) is 0 Å². The van der Waals surface area contributed by atoms with Crippen LogP contribution < -0.4 is 5.32 Å². The second-order valence-corrected chi connectivity index (χ2v) is 7.70. The normalized spacial score (nSPS) is 26.1. The molecule has 0 aromatic carbocycles. The Kier molecular flexibility index (Phi) is 4.64. The monoisotopic (exact) mass is 275 g/mol. The van der Waals surface area contributed by atoms with Crippen molar-refractivity contribution in [2.75, 3.05) is 33.2 Å². The van der Waals surface area contributed by atoms with Crippen LogP contribution in [0.15, 0.2) is 0 Å². The summed E-state index contributed by atoms with van der Waals surface area (Å²) in [6, 6.07) is 0.700. The molecule has 6 heteroatoms. The smallest absolute Gasteiger partial charge is 0.281 e. The number of rotatable bonds is 7. The summed E-state index contributed by atoms with van der Waals surface area (Å²) in [5, 5.41) is 3.40. The first-order chi connectivity index (χ1) is 8.50. The van der Waals surface area contributed by atoms with Crippen LogP contribution in [0.2, 0.25) is 0 Å². The van der Waals surface area contributed by atoms with E-state index in [0.717, 1.165) is 19.4 Å². The molecule has 0 bridgehead atoms. The van der Waals surface area contributed by atoms with Crippen LogP contribution >= 0.6 is 0 Å². The Hall–Kier alpha value is -0.170. The van der Waals surface area contributed by atoms with E-state index in [1.54, 1.807) is 11.4 Å². The first-order valence-electron chi connectivity index (χ1n) is 6.95. The van der Waals surface area contributed by atoms with Crippen molar-refractivity contribution >= 4 is 10.2 Å². The van der Waals surface area contributed by atoms with Gasteiger partial charge in [-0.2, -0.15) is 17.0 Å². The van der Waals surface area contributed by atoms with Crippen molar-refractivity contribution < 1.29 is 8.42 Å². The van der Waals surface area contributed by atoms with Gasteiger partial charge in [-0.1, -0.05) is 6.92 Å². The summed E-state index contributed by atoms with van der Waals surface area (Å²) in [5.41, 5.74) is 0. The minimum absolute atomic E-state index is 0.490. The summed E-state index contributed by atoms with van der Waals surface area (Å²) in [5.74, 6) is 0.490. The fraction of sp³-hybridized carbons (Fsp3) is 1.00. The third-order valence-corrected chi connectivity index (χ3v) is 5.72. The Balaban J connectivity index is 1.73. The quantitative estimate of drug-likeness (QED) is 0.694. The van der Waals surface area contributed by atoms with Crippen LogP contribution in [-0.4, -0.2) is 56.3 Å². The highest BCUT2D eigenvalue weighted by atomic mass is 32.2. The van der Waals surface area contributed by atoms with E-state index in [0.29, 0.717) is 31.6 Å². The third kappa shape index (κ3) is 3.66. The maximum absolute atomic E-state index is 12.3. The van der Waals surface area contributed by atoms with Gasteiger partial charge in [-0.15, -0.1) is 0 Å². The molecule has 5 nitrogen and oxygen atoms in total. The third-order valence-electron chi connectivity index (χ3n) is 3.77. The molecular formula is C12H25N3O2S. The Bertz CT molecular complexity index is 368. The van der Waals surface area contributed by atoms with Crippen LogP contribution in [0.3, 0.4) is 0 Å². The molecule has 1 aliphatic carbocycles. The molecule has 1 heterocycles. The van der Waals surface area contributed by atoms with Crippen LogP contribution in [0.1, 0.15) is 32.6 Å². The molecule has 106 valence electrons. The zero-order valence-electron chi connectivity index (χ0n) is 11.4. The van der Waals surface area contributed by atoms with Crippen molar-refractivity contribution in [3.8, 4) is 0 Å². The molecule has 1 saturated heterocycles. The van der Waals surface area contributed by atoms with Crippen LogP contribution in [0.25, 0.3) is 0 Å². The Morgan fingerprint density at radius 3 is 2.61 bits per heavy atom. The number of hydrogen-bond acceptors (Lipinski definition) is 3. The van der Waals surface area contributed by atoms with Gasteiger partial charge in [-0.3, -0.25) is 0 Å². The van der Waals surface area contributed by atoms with Crippen molar-refractivity contribution in [2.24, 2.45) is 5.92 Å². The van der Waals surface area contributed by atoms with Crippen molar-refractivity contribution in [2.45, 2.75) is 38.6 Å². The van der Waals surface area contributed by atoms with Gasteiger partial charge in [0.25, 0.3) is 10.2 Å². The lowest BCUT2D eigenvalue weighted by Gasteiger charge is -2.24. The van der Waals surface area contributed by atoms with Gasteiger partial charge in [0.1, 0.15) is 0 Å². The molecule has 0 aromatic rings. The van der Waals surface area contributed by atoms with Crippen LogP contribution in [0, 0.1) is 5.92 Å². The molecule has 1 unspecified atom stereocenters. The van der Waals surface area contributed by atoms with Crippen molar-refractivity contribution in [3.63, 3.8) is 0 Å². The first kappa shape index (κ1) is 14.2. The Morgan fingerprint density at radius 2 is 2.06 bits per heavy atom. The average Bonchev–Trinajstić information content (AvgIpc) is 3.04. The van der Waals surface area contributed by atoms with E-state index in [1.807, 2.05) is 0 Å². The average molecular weight is 275 g/mol. The summed E-state index contributed by atoms with van der Waals surface area (Å²) < 4.78 is 27.6. The lowest BCUT2D eigenvalue weighted by molar-refractivity contribution is 0.384. The summed E-state index contributed by atoms with van der Waals surface area (Å²) in [6.07, 6.45) is 4.42. The van der Waals surface area contributed by atoms with Gasteiger partial charge < -0.3 is 5.32 Å². The standard InChI is InChI=1S/C12H25N3O2S/c1-11-6-9-15(10-11)18(16,17)14(2)8-3-7-13-12-4-5-12/h11-13H,3-10H2,1-2H3. The molecule has 0 radical (unpaired) electrons. The maximum atomic E-state index is 12.3. The highest BCUT2D eigenvalue weighted by Gasteiger charge is 2.32. The van der Waals surface area contributed by atoms with Gasteiger partial charge in [-0.05, 0) is 38.1 Å². The van der Waals surface area contributed by atoms with Crippen molar-refractivity contribution in [1.82, 2.24) is 13.9 Å². The fourth-order valence-corrected chi connectivity index (χ4v) is 3.85. The Morgan fingerprint density at radius 1 is 1.33 bits per heavy atom. The van der Waals surface area contributed by atoms with Crippen LogP contribution in [0.5, 0.6) is 0 Å². The summed E-state index contributed by atoms with van der Waals surface area (Å²) in [6.45, 7) is 4.98. The van der Waals surface area contributed by atoms with Crippen molar-refractivity contribution in [3.05, 3.63) is 0 Å². The molecular weight excluding hydrogens is 250 g/mol. The number of nitrogens with zero attached hydrogens (tertiary/aromatic N) is 2. The highest BCUT2D eigenvalue weighted by molar-refractivity contribution is 7.86. The van der Waals surface area contributed by atoms with Gasteiger partial charge in [0.2, 0.25) is 0 Å². The SMILES string of the molecule is CC1CCN(S(=O)(=O)N(C)CCCNC2CC2)C1. The molecule has 1 atom stereocenters. The minimum atomic E-state index is -3.22. The lowest BCUT2D eigenvalue weighted by atomic mass is 10.2. The Labute approximate surface area is 111 Å². The summed E-state index contributed by atoms with van der Waals surface area (Å²) >= 11 is 0. The molecule has 0 amide bonds. The van der Waals surface area contributed by atoms with E-state index in [4.69, 9.17) is 0 Å². The van der Waals surface area contributed by atoms with E-state index in [2.05, 4.69) is 12.2 Å².